The average Bonchev–Trinajstić information content (AvgIpc) is 3.09. The maximum Gasteiger partial charge on any atom is 0.411 e. The highest BCUT2D eigenvalue weighted by Crippen LogP contribution is 2.23. The largest absolute Gasteiger partial charge is 0.444 e. The topological polar surface area (TPSA) is 178 Å². The first-order chi connectivity index (χ1) is 26.1. The van der Waals surface area contributed by atoms with Gasteiger partial charge in [0.1, 0.15) is 24.0 Å². The van der Waals surface area contributed by atoms with E-state index in [0.717, 1.165) is 10.5 Å². The van der Waals surface area contributed by atoms with Crippen molar-refractivity contribution in [2.24, 2.45) is 16.5 Å². The van der Waals surface area contributed by atoms with Crippen LogP contribution >= 0.6 is 0 Å². The van der Waals surface area contributed by atoms with Gasteiger partial charge in [0, 0.05) is 19.6 Å². The fourth-order valence-corrected chi connectivity index (χ4v) is 7.42. The Hall–Kier alpha value is -4.86. The molecule has 0 unspecified atom stereocenters. The molecule has 3 atom stereocenters. The molecule has 0 spiro atoms. The second-order valence-electron chi connectivity index (χ2n) is 16.2. The summed E-state index contributed by atoms with van der Waals surface area (Å²) in [7, 11) is -4.14. The Kier molecular flexibility index (Phi) is 16.1. The van der Waals surface area contributed by atoms with E-state index in [2.05, 4.69) is 15.8 Å². The van der Waals surface area contributed by atoms with Crippen LogP contribution in [0, 0.1) is 17.2 Å². The number of ether oxygens (including phenoxy) is 1. The first-order valence-corrected chi connectivity index (χ1v) is 19.8. The lowest BCUT2D eigenvalue weighted by Crippen LogP contribution is -2.59. The van der Waals surface area contributed by atoms with Gasteiger partial charge in [-0.05, 0) is 79.5 Å². The van der Waals surface area contributed by atoms with Crippen LogP contribution in [-0.2, 0) is 37.3 Å². The molecule has 0 aromatic heterocycles. The molecule has 3 aromatic carbocycles. The third-order valence-electron chi connectivity index (χ3n) is 8.46. The molecule has 0 aliphatic rings. The molecule has 15 heteroatoms. The van der Waals surface area contributed by atoms with Crippen molar-refractivity contribution in [3.05, 3.63) is 101 Å². The zero-order chi connectivity index (χ0) is 41.8. The normalized spacial score (nSPS) is 14.0. The van der Waals surface area contributed by atoms with Crippen molar-refractivity contribution >= 4 is 34.1 Å². The molecule has 0 saturated carbocycles. The zero-order valence-electron chi connectivity index (χ0n) is 33.4. The summed E-state index contributed by atoms with van der Waals surface area (Å²) in [6, 6.07) is 18.2. The van der Waals surface area contributed by atoms with Crippen LogP contribution < -0.4 is 10.6 Å². The predicted molar refractivity (Wildman–Crippen MR) is 212 cm³/mol. The second-order valence-corrected chi connectivity index (χ2v) is 18.2. The number of hydrogen-bond donors (Lipinski definition) is 4. The second kappa shape index (κ2) is 19.8. The molecule has 0 heterocycles. The molecule has 4 N–H and O–H groups in total. The van der Waals surface area contributed by atoms with E-state index in [1.165, 1.54) is 53.0 Å². The van der Waals surface area contributed by atoms with Crippen LogP contribution in [0.5, 0.6) is 0 Å². The van der Waals surface area contributed by atoms with E-state index in [9.17, 15) is 32.3 Å². The maximum atomic E-state index is 14.2. The highest BCUT2D eigenvalue weighted by Gasteiger charge is 2.37. The molecule has 0 aliphatic heterocycles. The van der Waals surface area contributed by atoms with Crippen LogP contribution in [0.2, 0.25) is 0 Å². The molecule has 0 aliphatic carbocycles. The van der Waals surface area contributed by atoms with Crippen molar-refractivity contribution in [3.63, 3.8) is 0 Å². The molecule has 306 valence electrons. The number of carbonyl (C=O) groups is 3. The number of sulfonamides is 1. The molecule has 0 bridgehead atoms. The van der Waals surface area contributed by atoms with Gasteiger partial charge in [0.2, 0.25) is 21.8 Å². The van der Waals surface area contributed by atoms with Crippen molar-refractivity contribution in [1.82, 2.24) is 19.8 Å². The number of carbonyl (C=O) groups excluding carboxylic acids is 3. The number of nitrogens with one attached hydrogen (secondary N) is 2. The Morgan fingerprint density at radius 2 is 1.52 bits per heavy atom. The number of aliphatic hydroxyl groups is 1. The van der Waals surface area contributed by atoms with Crippen LogP contribution in [0.3, 0.4) is 0 Å². The SMILES string of the molecule is CC(C)CN(C[C@H](O)[C@H](Cc1ccccc1)NC(=O)[C@H](NC(=O)CN(Cc1cccc(F)c1)C(=O)OC(C)(C)C)C(C)(C)C)S(=O)(=O)c1ccc(C=NO)cc1. The predicted octanol–water partition coefficient (Wildman–Crippen LogP) is 5.34. The summed E-state index contributed by atoms with van der Waals surface area (Å²) >= 11 is 0. The molecule has 0 saturated heterocycles. The summed E-state index contributed by atoms with van der Waals surface area (Å²) in [6.45, 7) is 13.0. The lowest BCUT2D eigenvalue weighted by molar-refractivity contribution is -0.133. The average molecular weight is 798 g/mol. The first-order valence-electron chi connectivity index (χ1n) is 18.4. The molecule has 3 aromatic rings. The number of amides is 3. The van der Waals surface area contributed by atoms with Crippen LogP contribution in [0.1, 0.15) is 72.1 Å². The Morgan fingerprint density at radius 1 is 0.893 bits per heavy atom. The third kappa shape index (κ3) is 14.3. The van der Waals surface area contributed by atoms with Crippen LogP contribution in [-0.4, -0.2) is 95.5 Å². The number of oxime groups is 1. The summed E-state index contributed by atoms with van der Waals surface area (Å²) in [5.41, 5.74) is -0.0925. The van der Waals surface area contributed by atoms with Crippen molar-refractivity contribution in [3.8, 4) is 0 Å². The highest BCUT2D eigenvalue weighted by molar-refractivity contribution is 7.89. The number of aliphatic hydroxyl groups excluding tert-OH is 1. The van der Waals surface area contributed by atoms with E-state index in [1.807, 2.05) is 32.0 Å². The third-order valence-corrected chi connectivity index (χ3v) is 10.3. The van der Waals surface area contributed by atoms with E-state index in [0.29, 0.717) is 11.1 Å². The van der Waals surface area contributed by atoms with Gasteiger partial charge in [-0.2, -0.15) is 4.31 Å². The van der Waals surface area contributed by atoms with Gasteiger partial charge in [0.15, 0.2) is 0 Å². The molecule has 0 radical (unpaired) electrons. The van der Waals surface area contributed by atoms with E-state index >= 15 is 0 Å². The Morgan fingerprint density at radius 3 is 2.07 bits per heavy atom. The van der Waals surface area contributed by atoms with Gasteiger partial charge in [-0.15, -0.1) is 0 Å². The number of halogens is 1. The molecular weight excluding hydrogens is 742 g/mol. The van der Waals surface area contributed by atoms with Gasteiger partial charge in [0.05, 0.1) is 23.3 Å². The van der Waals surface area contributed by atoms with Gasteiger partial charge in [-0.25, -0.2) is 17.6 Å². The number of rotatable bonds is 17. The fourth-order valence-electron chi connectivity index (χ4n) is 5.80. The van der Waals surface area contributed by atoms with Gasteiger partial charge in [0.25, 0.3) is 0 Å². The van der Waals surface area contributed by atoms with E-state index < -0.39 is 69.5 Å². The lowest BCUT2D eigenvalue weighted by atomic mass is 9.85. The van der Waals surface area contributed by atoms with Gasteiger partial charge in [-0.1, -0.05) is 94.4 Å². The van der Waals surface area contributed by atoms with Crippen molar-refractivity contribution in [2.45, 2.75) is 97.0 Å². The number of nitrogens with zero attached hydrogens (tertiary/aromatic N) is 3. The zero-order valence-corrected chi connectivity index (χ0v) is 34.2. The Balaban J connectivity index is 1.90. The number of hydrogen-bond acceptors (Lipinski definition) is 9. The molecule has 56 heavy (non-hydrogen) atoms. The standard InChI is InChI=1S/C41H56FN5O8S/c1-28(2)24-47(56(53,54)33-19-17-30(18-20-33)23-43-52)26-35(48)34(22-29-13-10-9-11-14-29)44-38(50)37(40(3,4)5)45-36(49)27-46(39(51)55-41(6,7)8)25-31-15-12-16-32(42)21-31/h9-21,23,28,34-35,37,48,52H,22,24-27H2,1-8H3,(H,44,50)(H,45,49)/t34-,35-,37-/m0/s1. The quantitative estimate of drug-likeness (QED) is 0.0804. The van der Waals surface area contributed by atoms with Gasteiger partial charge < -0.3 is 25.7 Å². The fraction of sp³-hybridized carbons (Fsp3) is 0.463. The van der Waals surface area contributed by atoms with E-state index in [1.54, 1.807) is 59.7 Å². The van der Waals surface area contributed by atoms with E-state index in [-0.39, 0.29) is 36.9 Å². The summed E-state index contributed by atoms with van der Waals surface area (Å²) in [5, 5.41) is 29.3. The minimum Gasteiger partial charge on any atom is -0.444 e. The van der Waals surface area contributed by atoms with Crippen LogP contribution in [0.25, 0.3) is 0 Å². The van der Waals surface area contributed by atoms with Crippen molar-refractivity contribution in [2.75, 3.05) is 19.6 Å². The van der Waals surface area contributed by atoms with Gasteiger partial charge in [-0.3, -0.25) is 14.5 Å². The molecule has 3 rings (SSSR count). The number of benzene rings is 3. The minimum atomic E-state index is -4.14. The summed E-state index contributed by atoms with van der Waals surface area (Å²) in [4.78, 5) is 42.1. The lowest BCUT2D eigenvalue weighted by Gasteiger charge is -2.35. The Labute approximate surface area is 330 Å². The van der Waals surface area contributed by atoms with Crippen molar-refractivity contribution in [1.29, 1.82) is 0 Å². The van der Waals surface area contributed by atoms with Crippen LogP contribution in [0.4, 0.5) is 9.18 Å². The van der Waals surface area contributed by atoms with Gasteiger partial charge >= 0.3 is 6.09 Å². The smallest absolute Gasteiger partial charge is 0.411 e. The summed E-state index contributed by atoms with van der Waals surface area (Å²) in [5.74, 6) is -1.96. The molecular formula is C41H56FN5O8S. The van der Waals surface area contributed by atoms with Crippen LogP contribution in [0.15, 0.2) is 88.9 Å². The van der Waals surface area contributed by atoms with E-state index in [4.69, 9.17) is 9.94 Å². The molecule has 3 amide bonds. The summed E-state index contributed by atoms with van der Waals surface area (Å²) in [6.07, 6.45) is -0.918. The maximum absolute atomic E-state index is 14.2. The van der Waals surface area contributed by atoms with Crippen molar-refractivity contribution < 1.29 is 42.2 Å². The molecule has 13 nitrogen and oxygen atoms in total. The highest BCUT2D eigenvalue weighted by atomic mass is 32.2. The monoisotopic (exact) mass is 797 g/mol. The summed E-state index contributed by atoms with van der Waals surface area (Å²) < 4.78 is 48.6. The first kappa shape index (κ1) is 45.5. The minimum absolute atomic E-state index is 0.0302. The Bertz CT molecular complexity index is 1900. The molecule has 0 fully saturated rings.